The number of hydrogen-bond donors (Lipinski definition) is 4. The van der Waals surface area contributed by atoms with E-state index in [0.29, 0.717) is 55.1 Å². The number of aliphatic hydroxyl groups is 2. The molecule has 0 heterocycles. The van der Waals surface area contributed by atoms with E-state index in [1.54, 1.807) is 0 Å². The van der Waals surface area contributed by atoms with Gasteiger partial charge in [-0.25, -0.2) is 0 Å². The number of carbonyl (C=O) groups excluding carboxylic acids is 2. The Morgan fingerprint density at radius 3 is 1.32 bits per heavy atom. The molecule has 2 amide bonds. The molecule has 0 spiro atoms. The first kappa shape index (κ1) is 29.3. The quantitative estimate of drug-likeness (QED) is 0.197. The Kier molecular flexibility index (Phi) is 12.9. The van der Waals surface area contributed by atoms with Crippen molar-refractivity contribution in [1.82, 2.24) is 0 Å². The molecule has 2 atom stereocenters. The summed E-state index contributed by atoms with van der Waals surface area (Å²) in [6.45, 7) is 7.68. The molecular weight excluding hydrogens is 440 g/mol. The van der Waals surface area contributed by atoms with Crippen molar-refractivity contribution in [3.05, 3.63) is 23.7 Å². The Bertz CT molecular complexity index is 669. The SMILES string of the molecule is CC(C)(CCS(=O)CCCS(=O)CCC(C)(C)C/C(=C/O)C(N)=O)C/C(=C/O)C(N)=O. The van der Waals surface area contributed by atoms with Gasteiger partial charge in [0.15, 0.2) is 0 Å². The molecule has 6 N–H and O–H groups in total. The minimum absolute atomic E-state index is 0.145. The van der Waals surface area contributed by atoms with Gasteiger partial charge in [-0.1, -0.05) is 27.7 Å². The lowest BCUT2D eigenvalue weighted by molar-refractivity contribution is -0.115. The van der Waals surface area contributed by atoms with Crippen LogP contribution in [0.15, 0.2) is 23.7 Å². The van der Waals surface area contributed by atoms with E-state index in [-0.39, 0.29) is 22.0 Å². The van der Waals surface area contributed by atoms with Crippen LogP contribution in [0.1, 0.15) is 59.8 Å². The van der Waals surface area contributed by atoms with Gasteiger partial charge in [0.25, 0.3) is 0 Å². The first-order chi connectivity index (χ1) is 14.2. The van der Waals surface area contributed by atoms with Gasteiger partial charge in [0.2, 0.25) is 11.8 Å². The molecule has 0 aliphatic rings. The number of hydrogen-bond acceptors (Lipinski definition) is 6. The monoisotopic (exact) mass is 478 g/mol. The molecule has 0 aromatic rings. The molecule has 0 aliphatic heterocycles. The predicted octanol–water partition coefficient (Wildman–Crippen LogP) is 2.34. The summed E-state index contributed by atoms with van der Waals surface area (Å²) >= 11 is 0. The van der Waals surface area contributed by atoms with E-state index in [0.717, 1.165) is 12.5 Å². The fourth-order valence-corrected chi connectivity index (χ4v) is 6.05. The van der Waals surface area contributed by atoms with Crippen molar-refractivity contribution in [2.24, 2.45) is 22.3 Å². The van der Waals surface area contributed by atoms with Crippen LogP contribution in [0.3, 0.4) is 0 Å². The summed E-state index contributed by atoms with van der Waals surface area (Å²) in [5, 5.41) is 18.2. The van der Waals surface area contributed by atoms with Crippen molar-refractivity contribution >= 4 is 33.4 Å². The van der Waals surface area contributed by atoms with Crippen molar-refractivity contribution in [2.75, 3.05) is 23.0 Å². The molecule has 0 fully saturated rings. The van der Waals surface area contributed by atoms with Crippen LogP contribution in [-0.2, 0) is 31.2 Å². The van der Waals surface area contributed by atoms with Gasteiger partial charge in [0.1, 0.15) is 0 Å². The standard InChI is InChI=1S/C21H38N2O6S2/c1-20(2,12-16(14-24)18(22)26)6-10-30(28)8-5-9-31(29)11-7-21(3,4)13-17(15-25)19(23)27/h14-15,24-25H,5-13H2,1-4H3,(H2,22,26)(H2,23,27)/b16-14-,17-15-. The Balaban J connectivity index is 4.30. The molecule has 0 radical (unpaired) electrons. The lowest BCUT2D eigenvalue weighted by Crippen LogP contribution is -2.23. The number of rotatable bonds is 16. The van der Waals surface area contributed by atoms with Crippen LogP contribution >= 0.6 is 0 Å². The summed E-state index contributed by atoms with van der Waals surface area (Å²) < 4.78 is 24.6. The lowest BCUT2D eigenvalue weighted by atomic mass is 9.83. The van der Waals surface area contributed by atoms with Gasteiger partial charge in [-0.15, -0.1) is 0 Å². The molecule has 0 rings (SSSR count). The first-order valence-corrected chi connectivity index (χ1v) is 13.2. The average molecular weight is 479 g/mol. The van der Waals surface area contributed by atoms with Crippen LogP contribution < -0.4 is 11.5 Å². The Morgan fingerprint density at radius 2 is 1.06 bits per heavy atom. The van der Waals surface area contributed by atoms with E-state index in [4.69, 9.17) is 21.7 Å². The second kappa shape index (κ2) is 13.7. The maximum atomic E-state index is 12.3. The van der Waals surface area contributed by atoms with Gasteiger partial charge in [-0.05, 0) is 42.9 Å². The van der Waals surface area contributed by atoms with E-state index < -0.39 is 33.4 Å². The normalized spacial score (nSPS) is 15.5. The first-order valence-electron chi connectivity index (χ1n) is 10.2. The van der Waals surface area contributed by atoms with E-state index in [9.17, 15) is 18.0 Å². The topological polar surface area (TPSA) is 161 Å². The highest BCUT2D eigenvalue weighted by molar-refractivity contribution is 7.85. The van der Waals surface area contributed by atoms with Crippen LogP contribution in [0.4, 0.5) is 0 Å². The summed E-state index contributed by atoms with van der Waals surface area (Å²) in [6.07, 6.45) is 3.84. The van der Waals surface area contributed by atoms with Crippen LogP contribution in [0.2, 0.25) is 0 Å². The van der Waals surface area contributed by atoms with Crippen molar-refractivity contribution in [3.63, 3.8) is 0 Å². The summed E-state index contributed by atoms with van der Waals surface area (Å²) in [5.74, 6) is 0.466. The van der Waals surface area contributed by atoms with Crippen molar-refractivity contribution in [1.29, 1.82) is 0 Å². The zero-order valence-electron chi connectivity index (χ0n) is 19.0. The zero-order chi connectivity index (χ0) is 24.2. The van der Waals surface area contributed by atoms with Crippen LogP contribution in [0, 0.1) is 10.8 Å². The summed E-state index contributed by atoms with van der Waals surface area (Å²) in [7, 11) is -2.13. The molecule has 180 valence electrons. The van der Waals surface area contributed by atoms with Crippen LogP contribution in [-0.4, -0.2) is 53.5 Å². The maximum Gasteiger partial charge on any atom is 0.247 e. The smallest absolute Gasteiger partial charge is 0.247 e. The predicted molar refractivity (Wildman–Crippen MR) is 126 cm³/mol. The second-order valence-electron chi connectivity index (χ2n) is 9.27. The highest BCUT2D eigenvalue weighted by atomic mass is 32.2. The molecular formula is C21H38N2O6S2. The van der Waals surface area contributed by atoms with Gasteiger partial charge in [-0.3, -0.25) is 18.0 Å². The van der Waals surface area contributed by atoms with E-state index in [1.165, 1.54) is 0 Å². The molecule has 0 aliphatic carbocycles. The third-order valence-corrected chi connectivity index (χ3v) is 7.85. The lowest BCUT2D eigenvalue weighted by Gasteiger charge is -2.25. The molecule has 0 aromatic heterocycles. The molecule has 31 heavy (non-hydrogen) atoms. The van der Waals surface area contributed by atoms with Crippen molar-refractivity contribution < 1.29 is 28.2 Å². The fourth-order valence-electron chi connectivity index (χ4n) is 2.97. The maximum absolute atomic E-state index is 12.3. The van der Waals surface area contributed by atoms with E-state index >= 15 is 0 Å². The van der Waals surface area contributed by atoms with Crippen LogP contribution in [0.25, 0.3) is 0 Å². The van der Waals surface area contributed by atoms with Gasteiger partial charge in [-0.2, -0.15) is 0 Å². The highest BCUT2D eigenvalue weighted by Gasteiger charge is 2.24. The number of primary amides is 2. The number of aliphatic hydroxyl groups excluding tert-OH is 2. The molecule has 8 nitrogen and oxygen atoms in total. The van der Waals surface area contributed by atoms with Gasteiger partial charge >= 0.3 is 0 Å². The number of amides is 2. The summed E-state index contributed by atoms with van der Waals surface area (Å²) in [4.78, 5) is 22.5. The Morgan fingerprint density at radius 1 is 0.742 bits per heavy atom. The average Bonchev–Trinajstić information content (AvgIpc) is 2.67. The summed E-state index contributed by atoms with van der Waals surface area (Å²) in [6, 6.07) is 0. The molecule has 0 saturated carbocycles. The molecule has 0 bridgehead atoms. The van der Waals surface area contributed by atoms with Gasteiger partial charge in [0, 0.05) is 44.6 Å². The number of carbonyl (C=O) groups is 2. The molecule has 10 heteroatoms. The zero-order valence-corrected chi connectivity index (χ0v) is 20.7. The van der Waals surface area contributed by atoms with Crippen LogP contribution in [0.5, 0.6) is 0 Å². The van der Waals surface area contributed by atoms with E-state index in [2.05, 4.69) is 0 Å². The third-order valence-electron chi connectivity index (χ3n) is 5.04. The van der Waals surface area contributed by atoms with E-state index in [1.807, 2.05) is 27.7 Å². The second-order valence-corrected chi connectivity index (χ2v) is 12.7. The minimum Gasteiger partial charge on any atom is -0.515 e. The Hall–Kier alpha value is -1.68. The highest BCUT2D eigenvalue weighted by Crippen LogP contribution is 2.30. The number of nitrogens with two attached hydrogens (primary N) is 2. The Labute approximate surface area is 190 Å². The molecule has 0 saturated heterocycles. The minimum atomic E-state index is -1.06. The summed E-state index contributed by atoms with van der Waals surface area (Å²) in [5.41, 5.74) is 10.0. The van der Waals surface area contributed by atoms with Gasteiger partial charge < -0.3 is 21.7 Å². The molecule has 0 aromatic carbocycles. The van der Waals surface area contributed by atoms with Crippen molar-refractivity contribution in [3.8, 4) is 0 Å². The fraction of sp³-hybridized carbons (Fsp3) is 0.714. The van der Waals surface area contributed by atoms with Gasteiger partial charge in [0.05, 0.1) is 23.7 Å². The third kappa shape index (κ3) is 13.4. The molecule has 2 unspecified atom stereocenters. The largest absolute Gasteiger partial charge is 0.515 e. The van der Waals surface area contributed by atoms with Crippen molar-refractivity contribution in [2.45, 2.75) is 59.8 Å².